The molecule has 108 valence electrons. The fourth-order valence-electron chi connectivity index (χ4n) is 2.16. The van der Waals surface area contributed by atoms with E-state index in [9.17, 15) is 0 Å². The van der Waals surface area contributed by atoms with Crippen LogP contribution in [0.25, 0.3) is 0 Å². The van der Waals surface area contributed by atoms with Gasteiger partial charge in [-0.1, -0.05) is 6.08 Å². The normalized spacial score (nSPS) is 12.5. The topological polar surface area (TPSA) is 43.0 Å². The average molecular weight is 273 g/mol. The maximum Gasteiger partial charge on any atom is 0.103 e. The van der Waals surface area contributed by atoms with E-state index in [1.165, 1.54) is 5.56 Å². The molecule has 0 unspecified atom stereocenters. The van der Waals surface area contributed by atoms with Crippen LogP contribution in [0.4, 0.5) is 0 Å². The Morgan fingerprint density at radius 3 is 3.10 bits per heavy atom. The number of rotatable bonds is 8. The van der Waals surface area contributed by atoms with Gasteiger partial charge in [-0.2, -0.15) is 5.10 Å². The van der Waals surface area contributed by atoms with E-state index < -0.39 is 0 Å². The molecule has 2 rings (SSSR count). The molecule has 2 aromatic heterocycles. The Hall–Kier alpha value is -1.81. The quantitative estimate of drug-likeness (QED) is 0.752. The largest absolute Gasteiger partial charge is 0.469 e. The van der Waals surface area contributed by atoms with Crippen molar-refractivity contribution in [3.05, 3.63) is 54.3 Å². The first kappa shape index (κ1) is 14.6. The number of aryl methyl sites for hydroxylation is 2. The zero-order valence-corrected chi connectivity index (χ0v) is 12.3. The number of nitrogens with zero attached hydrogens (tertiary/aromatic N) is 2. The molecule has 0 bridgehead atoms. The van der Waals surface area contributed by atoms with Gasteiger partial charge < -0.3 is 9.73 Å². The Balaban J connectivity index is 1.77. The van der Waals surface area contributed by atoms with Gasteiger partial charge in [0.2, 0.25) is 0 Å². The van der Waals surface area contributed by atoms with E-state index in [-0.39, 0.29) is 0 Å². The standard InChI is InChI=1S/C16H23N3O/c1-4-9-19-12-15(14(3)18-19)11-17-13(2)7-8-16-6-5-10-20-16/h4-6,10,12-13,17H,1,7-9,11H2,2-3H3/t13-/m0/s1. The molecule has 0 aliphatic carbocycles. The zero-order chi connectivity index (χ0) is 14.4. The molecule has 2 heterocycles. The molecule has 1 atom stereocenters. The molecule has 0 aliphatic rings. The number of furan rings is 1. The second-order valence-electron chi connectivity index (χ2n) is 5.15. The van der Waals surface area contributed by atoms with Crippen LogP contribution in [-0.4, -0.2) is 15.8 Å². The lowest BCUT2D eigenvalue weighted by atomic mass is 10.1. The van der Waals surface area contributed by atoms with Crippen molar-refractivity contribution in [3.63, 3.8) is 0 Å². The van der Waals surface area contributed by atoms with Crippen LogP contribution in [-0.2, 0) is 19.5 Å². The molecule has 1 N–H and O–H groups in total. The molecule has 0 radical (unpaired) electrons. The fraction of sp³-hybridized carbons (Fsp3) is 0.438. The number of hydrogen-bond acceptors (Lipinski definition) is 3. The molecule has 0 fully saturated rings. The van der Waals surface area contributed by atoms with Crippen LogP contribution >= 0.6 is 0 Å². The zero-order valence-electron chi connectivity index (χ0n) is 12.3. The number of hydrogen-bond donors (Lipinski definition) is 1. The highest BCUT2D eigenvalue weighted by Gasteiger charge is 2.07. The summed E-state index contributed by atoms with van der Waals surface area (Å²) in [7, 11) is 0. The minimum Gasteiger partial charge on any atom is -0.469 e. The van der Waals surface area contributed by atoms with E-state index in [4.69, 9.17) is 4.42 Å². The van der Waals surface area contributed by atoms with Gasteiger partial charge in [0.15, 0.2) is 0 Å². The molecule has 0 saturated carbocycles. The third-order valence-electron chi connectivity index (χ3n) is 3.41. The first-order valence-corrected chi connectivity index (χ1v) is 7.08. The summed E-state index contributed by atoms with van der Waals surface area (Å²) in [4.78, 5) is 0. The molecule has 20 heavy (non-hydrogen) atoms. The predicted molar refractivity (Wildman–Crippen MR) is 80.5 cm³/mol. The van der Waals surface area contributed by atoms with Crippen molar-refractivity contribution in [1.29, 1.82) is 0 Å². The molecule has 0 spiro atoms. The van der Waals surface area contributed by atoms with Crippen molar-refractivity contribution in [2.75, 3.05) is 0 Å². The Morgan fingerprint density at radius 2 is 2.40 bits per heavy atom. The highest BCUT2D eigenvalue weighted by atomic mass is 16.3. The molecule has 4 heteroatoms. The van der Waals surface area contributed by atoms with Crippen LogP contribution in [0.5, 0.6) is 0 Å². The third kappa shape index (κ3) is 4.10. The van der Waals surface area contributed by atoms with Gasteiger partial charge in [-0.3, -0.25) is 4.68 Å². The van der Waals surface area contributed by atoms with Crippen molar-refractivity contribution < 1.29 is 4.42 Å². The van der Waals surface area contributed by atoms with Gasteiger partial charge in [-0.05, 0) is 32.4 Å². The van der Waals surface area contributed by atoms with Crippen LogP contribution in [0.1, 0.15) is 30.4 Å². The summed E-state index contributed by atoms with van der Waals surface area (Å²) in [5, 5.41) is 7.99. The van der Waals surface area contributed by atoms with E-state index in [0.29, 0.717) is 6.04 Å². The summed E-state index contributed by atoms with van der Waals surface area (Å²) in [6, 6.07) is 4.41. The smallest absolute Gasteiger partial charge is 0.103 e. The molecule has 0 aliphatic heterocycles. The first-order chi connectivity index (χ1) is 9.69. The summed E-state index contributed by atoms with van der Waals surface area (Å²) in [6.07, 6.45) is 7.70. The minimum absolute atomic E-state index is 0.447. The Kier molecular flexibility index (Phi) is 5.18. The maximum absolute atomic E-state index is 5.35. The fourth-order valence-corrected chi connectivity index (χ4v) is 2.16. The van der Waals surface area contributed by atoms with E-state index in [1.54, 1.807) is 6.26 Å². The van der Waals surface area contributed by atoms with Gasteiger partial charge >= 0.3 is 0 Å². The van der Waals surface area contributed by atoms with Crippen molar-refractivity contribution >= 4 is 0 Å². The molecule has 0 saturated heterocycles. The molecule has 0 aromatic carbocycles. The maximum atomic E-state index is 5.35. The summed E-state index contributed by atoms with van der Waals surface area (Å²) in [6.45, 7) is 9.59. The van der Waals surface area contributed by atoms with Crippen LogP contribution in [0, 0.1) is 6.92 Å². The highest BCUT2D eigenvalue weighted by Crippen LogP contribution is 2.08. The van der Waals surface area contributed by atoms with Gasteiger partial charge in [0.05, 0.1) is 18.5 Å². The van der Waals surface area contributed by atoms with Crippen molar-refractivity contribution in [3.8, 4) is 0 Å². The molecule has 4 nitrogen and oxygen atoms in total. The SMILES string of the molecule is C=CCn1cc(CN[C@@H](C)CCc2ccco2)c(C)n1. The average Bonchev–Trinajstić information content (AvgIpc) is 3.04. The van der Waals surface area contributed by atoms with Crippen LogP contribution in [0.3, 0.4) is 0 Å². The van der Waals surface area contributed by atoms with E-state index in [1.807, 2.05) is 29.8 Å². The third-order valence-corrected chi connectivity index (χ3v) is 3.41. The van der Waals surface area contributed by atoms with Gasteiger partial charge in [0.25, 0.3) is 0 Å². The molecular weight excluding hydrogens is 250 g/mol. The first-order valence-electron chi connectivity index (χ1n) is 7.08. The summed E-state index contributed by atoms with van der Waals surface area (Å²) < 4.78 is 7.27. The summed E-state index contributed by atoms with van der Waals surface area (Å²) >= 11 is 0. The van der Waals surface area contributed by atoms with Gasteiger partial charge in [0.1, 0.15) is 5.76 Å². The van der Waals surface area contributed by atoms with E-state index in [2.05, 4.69) is 30.1 Å². The summed E-state index contributed by atoms with van der Waals surface area (Å²) in [5.74, 6) is 1.05. The second-order valence-corrected chi connectivity index (χ2v) is 5.15. The lowest BCUT2D eigenvalue weighted by molar-refractivity contribution is 0.459. The lowest BCUT2D eigenvalue weighted by Gasteiger charge is -2.12. The number of nitrogens with one attached hydrogen (secondary N) is 1. The Labute approximate surface area is 120 Å². The van der Waals surface area contributed by atoms with Crippen LogP contribution in [0.15, 0.2) is 41.7 Å². The predicted octanol–water partition coefficient (Wildman–Crippen LogP) is 3.08. The van der Waals surface area contributed by atoms with Crippen molar-refractivity contribution in [2.24, 2.45) is 0 Å². The van der Waals surface area contributed by atoms with Crippen molar-refractivity contribution in [2.45, 2.75) is 45.8 Å². The van der Waals surface area contributed by atoms with Crippen LogP contribution in [0.2, 0.25) is 0 Å². The minimum atomic E-state index is 0.447. The molecule has 0 amide bonds. The highest BCUT2D eigenvalue weighted by molar-refractivity contribution is 5.15. The lowest BCUT2D eigenvalue weighted by Crippen LogP contribution is -2.26. The van der Waals surface area contributed by atoms with Gasteiger partial charge in [-0.25, -0.2) is 0 Å². The number of aromatic nitrogens is 2. The van der Waals surface area contributed by atoms with Crippen LogP contribution < -0.4 is 5.32 Å². The monoisotopic (exact) mass is 273 g/mol. The van der Waals surface area contributed by atoms with E-state index in [0.717, 1.165) is 37.4 Å². The Morgan fingerprint density at radius 1 is 1.55 bits per heavy atom. The van der Waals surface area contributed by atoms with E-state index >= 15 is 0 Å². The Bertz CT molecular complexity index is 528. The van der Waals surface area contributed by atoms with Crippen molar-refractivity contribution in [1.82, 2.24) is 15.1 Å². The molecular formula is C16H23N3O. The van der Waals surface area contributed by atoms with Gasteiger partial charge in [0, 0.05) is 30.8 Å². The molecule has 2 aromatic rings. The van der Waals surface area contributed by atoms with Gasteiger partial charge in [-0.15, -0.1) is 6.58 Å². The summed E-state index contributed by atoms with van der Waals surface area (Å²) in [5.41, 5.74) is 2.33. The number of allylic oxidation sites excluding steroid dienone is 1. The second kappa shape index (κ2) is 7.10.